The van der Waals surface area contributed by atoms with Crippen molar-refractivity contribution in [2.45, 2.75) is 10.7 Å². The van der Waals surface area contributed by atoms with E-state index < -0.39 is 0 Å². The van der Waals surface area contributed by atoms with E-state index >= 15 is 0 Å². The molecule has 0 saturated heterocycles. The third-order valence-corrected chi connectivity index (χ3v) is 2.64. The van der Waals surface area contributed by atoms with Gasteiger partial charge in [0.15, 0.2) is 6.29 Å². The average Bonchev–Trinajstić information content (AvgIpc) is 2.16. The maximum atomic E-state index is 10.6. The second-order valence-corrected chi connectivity index (χ2v) is 3.35. The molecule has 64 valence electrons. The first kappa shape index (κ1) is 9.86. The zero-order valence-corrected chi connectivity index (χ0v) is 9.43. The third-order valence-electron chi connectivity index (χ3n) is 1.46. The van der Waals surface area contributed by atoms with Crippen LogP contribution in [0.2, 0.25) is 0 Å². The van der Waals surface area contributed by atoms with E-state index in [0.29, 0.717) is 16.4 Å². The maximum absolute atomic E-state index is 10.6. The number of aromatic nitrogens is 1. The predicted octanol–water partition coefficient (Wildman–Crippen LogP) is 2.68. The van der Waals surface area contributed by atoms with E-state index in [1.807, 2.05) is 12.1 Å². The molecule has 0 aliphatic rings. The van der Waals surface area contributed by atoms with Gasteiger partial charge in [-0.2, -0.15) is 0 Å². The normalized spacial score (nSPS) is 9.83. The summed E-state index contributed by atoms with van der Waals surface area (Å²) in [5.74, 6) is 0. The number of halogens is 2. The molecule has 0 aliphatic heterocycles. The first-order chi connectivity index (χ1) is 5.81. The minimum absolute atomic E-state index is 0.517. The molecule has 0 radical (unpaired) electrons. The molecule has 0 spiro atoms. The Balaban J connectivity index is 3.10. The molecule has 0 aliphatic carbocycles. The smallest absolute Gasteiger partial charge is 0.168 e. The molecule has 0 fully saturated rings. The fraction of sp³-hybridized carbons (Fsp3) is 0.250. The SMILES string of the molecule is O=Cc1nc(CBr)ccc1CBr. The molecule has 12 heavy (non-hydrogen) atoms. The molecule has 4 heteroatoms. The van der Waals surface area contributed by atoms with Crippen LogP contribution < -0.4 is 0 Å². The Morgan fingerprint density at radius 2 is 2.08 bits per heavy atom. The average molecular weight is 293 g/mol. The minimum Gasteiger partial charge on any atom is -0.296 e. The van der Waals surface area contributed by atoms with Gasteiger partial charge in [0.05, 0.1) is 5.69 Å². The summed E-state index contributed by atoms with van der Waals surface area (Å²) in [7, 11) is 0. The Bertz CT molecular complexity index is 288. The van der Waals surface area contributed by atoms with Crippen molar-refractivity contribution in [2.75, 3.05) is 0 Å². The second kappa shape index (κ2) is 4.72. The van der Waals surface area contributed by atoms with Gasteiger partial charge in [-0.15, -0.1) is 0 Å². The monoisotopic (exact) mass is 291 g/mol. The zero-order valence-electron chi connectivity index (χ0n) is 6.26. The fourth-order valence-electron chi connectivity index (χ4n) is 0.835. The van der Waals surface area contributed by atoms with Crippen molar-refractivity contribution in [2.24, 2.45) is 0 Å². The van der Waals surface area contributed by atoms with E-state index in [-0.39, 0.29) is 0 Å². The lowest BCUT2D eigenvalue weighted by atomic mass is 10.2. The number of alkyl halides is 2. The summed E-state index contributed by atoms with van der Waals surface area (Å²) in [5.41, 5.74) is 2.32. The van der Waals surface area contributed by atoms with E-state index in [2.05, 4.69) is 36.8 Å². The van der Waals surface area contributed by atoms with E-state index in [1.54, 1.807) is 0 Å². The summed E-state index contributed by atoms with van der Waals surface area (Å²) in [6.45, 7) is 0. The van der Waals surface area contributed by atoms with Crippen LogP contribution in [0.1, 0.15) is 21.7 Å². The topological polar surface area (TPSA) is 30.0 Å². The van der Waals surface area contributed by atoms with E-state index in [9.17, 15) is 4.79 Å². The Hall–Kier alpha value is -0.220. The van der Waals surface area contributed by atoms with Gasteiger partial charge in [-0.05, 0) is 11.6 Å². The van der Waals surface area contributed by atoms with Crippen LogP contribution >= 0.6 is 31.9 Å². The van der Waals surface area contributed by atoms with Gasteiger partial charge in [-0.1, -0.05) is 37.9 Å². The highest BCUT2D eigenvalue weighted by molar-refractivity contribution is 9.08. The number of carbonyl (C=O) groups excluding carboxylic acids is 1. The number of hydrogen-bond donors (Lipinski definition) is 0. The van der Waals surface area contributed by atoms with Crippen LogP contribution in [0.3, 0.4) is 0 Å². The van der Waals surface area contributed by atoms with Gasteiger partial charge >= 0.3 is 0 Å². The van der Waals surface area contributed by atoms with Crippen LogP contribution in [0.5, 0.6) is 0 Å². The zero-order chi connectivity index (χ0) is 8.97. The molecule has 0 atom stereocenters. The molecule has 2 nitrogen and oxygen atoms in total. The van der Waals surface area contributed by atoms with Gasteiger partial charge in [0, 0.05) is 10.7 Å². The van der Waals surface area contributed by atoms with Gasteiger partial charge in [0.25, 0.3) is 0 Å². The van der Waals surface area contributed by atoms with Crippen LogP contribution in [0.15, 0.2) is 12.1 Å². The van der Waals surface area contributed by atoms with E-state index in [4.69, 9.17) is 0 Å². The fourth-order valence-corrected chi connectivity index (χ4v) is 1.62. The summed E-state index contributed by atoms with van der Waals surface area (Å²) in [4.78, 5) is 14.7. The molecule has 0 amide bonds. The Labute approximate surface area is 87.6 Å². The van der Waals surface area contributed by atoms with E-state index in [0.717, 1.165) is 17.5 Å². The molecule has 0 bridgehead atoms. The van der Waals surface area contributed by atoms with Crippen LogP contribution in [0, 0.1) is 0 Å². The molecule has 0 saturated carbocycles. The molecular weight excluding hydrogens is 286 g/mol. The molecule has 1 heterocycles. The highest BCUT2D eigenvalue weighted by Crippen LogP contribution is 2.11. The van der Waals surface area contributed by atoms with Gasteiger partial charge in [-0.3, -0.25) is 4.79 Å². The molecule has 0 aromatic carbocycles. The second-order valence-electron chi connectivity index (χ2n) is 2.23. The number of aldehydes is 1. The van der Waals surface area contributed by atoms with Gasteiger partial charge < -0.3 is 0 Å². The minimum atomic E-state index is 0.517. The van der Waals surface area contributed by atoms with E-state index in [1.165, 1.54) is 0 Å². The summed E-state index contributed by atoms with van der Waals surface area (Å²) in [6.07, 6.45) is 0.781. The van der Waals surface area contributed by atoms with Crippen molar-refractivity contribution >= 4 is 38.1 Å². The number of rotatable bonds is 3. The molecule has 0 unspecified atom stereocenters. The highest BCUT2D eigenvalue weighted by Gasteiger charge is 2.02. The molecule has 1 rings (SSSR count). The largest absolute Gasteiger partial charge is 0.296 e. The summed E-state index contributed by atoms with van der Waals surface area (Å²) < 4.78 is 0. The van der Waals surface area contributed by atoms with Crippen LogP contribution in [-0.4, -0.2) is 11.3 Å². The van der Waals surface area contributed by atoms with Crippen molar-refractivity contribution in [3.05, 3.63) is 29.1 Å². The summed E-state index contributed by atoms with van der Waals surface area (Å²) in [5, 5.41) is 1.34. The number of hydrogen-bond acceptors (Lipinski definition) is 2. The Morgan fingerprint density at radius 1 is 1.33 bits per heavy atom. The van der Waals surface area contributed by atoms with Crippen LogP contribution in [-0.2, 0) is 10.7 Å². The first-order valence-electron chi connectivity index (χ1n) is 3.37. The highest BCUT2D eigenvalue weighted by atomic mass is 79.9. The molecule has 0 N–H and O–H groups in total. The van der Waals surface area contributed by atoms with Crippen LogP contribution in [0.4, 0.5) is 0 Å². The van der Waals surface area contributed by atoms with Crippen molar-refractivity contribution in [3.63, 3.8) is 0 Å². The van der Waals surface area contributed by atoms with Gasteiger partial charge in [0.1, 0.15) is 5.69 Å². The third kappa shape index (κ3) is 2.14. The molecular formula is C8H7Br2NO. The van der Waals surface area contributed by atoms with Crippen molar-refractivity contribution in [3.8, 4) is 0 Å². The lowest BCUT2D eigenvalue weighted by Gasteiger charge is -2.01. The lowest BCUT2D eigenvalue weighted by molar-refractivity contribution is 0.111. The summed E-state index contributed by atoms with van der Waals surface area (Å²) >= 11 is 6.56. The quantitative estimate of drug-likeness (QED) is 0.633. The molecule has 1 aromatic rings. The number of pyridine rings is 1. The van der Waals surface area contributed by atoms with Crippen molar-refractivity contribution < 1.29 is 4.79 Å². The van der Waals surface area contributed by atoms with Crippen LogP contribution in [0.25, 0.3) is 0 Å². The van der Waals surface area contributed by atoms with Crippen molar-refractivity contribution in [1.29, 1.82) is 0 Å². The van der Waals surface area contributed by atoms with Crippen molar-refractivity contribution in [1.82, 2.24) is 4.98 Å². The first-order valence-corrected chi connectivity index (χ1v) is 5.62. The Morgan fingerprint density at radius 3 is 2.58 bits per heavy atom. The number of carbonyl (C=O) groups is 1. The predicted molar refractivity (Wildman–Crippen MR) is 54.9 cm³/mol. The van der Waals surface area contributed by atoms with Gasteiger partial charge in [0.2, 0.25) is 0 Å². The number of nitrogens with zero attached hydrogens (tertiary/aromatic N) is 1. The Kier molecular flexibility index (Phi) is 3.88. The summed E-state index contributed by atoms with van der Waals surface area (Å²) in [6, 6.07) is 3.81. The maximum Gasteiger partial charge on any atom is 0.168 e. The van der Waals surface area contributed by atoms with Gasteiger partial charge in [-0.25, -0.2) is 4.98 Å². The lowest BCUT2D eigenvalue weighted by Crippen LogP contribution is -1.96. The standard InChI is InChI=1S/C8H7Br2NO/c9-3-6-1-2-7(4-10)11-8(6)5-12/h1-2,5H,3-4H2. The molecule has 1 aromatic heterocycles.